The summed E-state index contributed by atoms with van der Waals surface area (Å²) >= 11 is 6.34. The van der Waals surface area contributed by atoms with Gasteiger partial charge in [-0.05, 0) is 47.3 Å². The second-order valence-electron chi connectivity index (χ2n) is 9.40. The van der Waals surface area contributed by atoms with Gasteiger partial charge in [-0.3, -0.25) is 4.98 Å². The first-order valence-electron chi connectivity index (χ1n) is 12.1. The Balaban J connectivity index is 1.48. The molecule has 1 saturated heterocycles. The van der Waals surface area contributed by atoms with Gasteiger partial charge in [0.1, 0.15) is 22.8 Å². The maximum Gasteiger partial charge on any atom is 0.225 e. The maximum absolute atomic E-state index is 16.2. The molecular formula is C27H26ClFN4O3. The van der Waals surface area contributed by atoms with E-state index in [2.05, 4.69) is 19.9 Å². The van der Waals surface area contributed by atoms with Gasteiger partial charge in [-0.1, -0.05) is 37.1 Å². The van der Waals surface area contributed by atoms with E-state index in [9.17, 15) is 0 Å². The Kier molecular flexibility index (Phi) is 6.11. The van der Waals surface area contributed by atoms with Gasteiger partial charge in [-0.2, -0.15) is 4.98 Å². The Bertz CT molecular complexity index is 1440. The number of nitrogens with zero attached hydrogens (tertiary/aromatic N) is 4. The number of aromatic nitrogens is 3. The molecule has 1 aliphatic carbocycles. The quantitative estimate of drug-likeness (QED) is 0.250. The van der Waals surface area contributed by atoms with Gasteiger partial charge in [0.05, 0.1) is 17.6 Å². The molecule has 2 aliphatic rings. The van der Waals surface area contributed by atoms with Gasteiger partial charge in [0, 0.05) is 32.0 Å². The Morgan fingerprint density at radius 3 is 2.81 bits per heavy atom. The van der Waals surface area contributed by atoms with Crippen molar-refractivity contribution >= 4 is 39.1 Å². The number of halogens is 2. The van der Waals surface area contributed by atoms with E-state index in [4.69, 9.17) is 25.8 Å². The van der Waals surface area contributed by atoms with Gasteiger partial charge in [0.25, 0.3) is 0 Å². The summed E-state index contributed by atoms with van der Waals surface area (Å²) < 4.78 is 33.1. The van der Waals surface area contributed by atoms with Crippen molar-refractivity contribution in [3.63, 3.8) is 0 Å². The van der Waals surface area contributed by atoms with Crippen LogP contribution < -0.4 is 9.64 Å². The van der Waals surface area contributed by atoms with Crippen LogP contribution in [0.15, 0.2) is 42.6 Å². The topological polar surface area (TPSA) is 69.6 Å². The molecule has 9 heteroatoms. The first-order valence-corrected chi connectivity index (χ1v) is 12.5. The second kappa shape index (κ2) is 9.42. The molecule has 1 saturated carbocycles. The molecule has 36 heavy (non-hydrogen) atoms. The lowest BCUT2D eigenvalue weighted by Crippen LogP contribution is -2.50. The average molecular weight is 509 g/mol. The third-order valence-corrected chi connectivity index (χ3v) is 7.30. The highest BCUT2D eigenvalue weighted by Crippen LogP contribution is 2.40. The predicted octanol–water partition coefficient (Wildman–Crippen LogP) is 5.77. The van der Waals surface area contributed by atoms with E-state index in [0.29, 0.717) is 42.2 Å². The molecule has 0 unspecified atom stereocenters. The number of hydrogen-bond donors (Lipinski definition) is 0. The van der Waals surface area contributed by atoms with Crippen LogP contribution in [0.25, 0.3) is 32.9 Å². The summed E-state index contributed by atoms with van der Waals surface area (Å²) in [5.74, 6) is 0.610. The predicted molar refractivity (Wildman–Crippen MR) is 137 cm³/mol. The van der Waals surface area contributed by atoms with Crippen molar-refractivity contribution in [3.8, 4) is 17.0 Å². The van der Waals surface area contributed by atoms with Crippen LogP contribution in [0.2, 0.25) is 5.28 Å². The van der Waals surface area contributed by atoms with Crippen molar-refractivity contribution in [2.75, 3.05) is 38.5 Å². The van der Waals surface area contributed by atoms with Gasteiger partial charge in [-0.15, -0.1) is 0 Å². The molecule has 6 rings (SSSR count). The van der Waals surface area contributed by atoms with Gasteiger partial charge >= 0.3 is 0 Å². The smallest absolute Gasteiger partial charge is 0.225 e. The SMILES string of the molecule is COCOc1cc(-c2ncc3c(N4CCOC5(CCCC5)C4)nc(Cl)nc3c2F)c2ccccc2c1. The molecular weight excluding hydrogens is 483 g/mol. The molecule has 186 valence electrons. The van der Waals surface area contributed by atoms with Crippen LogP contribution in [0.4, 0.5) is 10.2 Å². The summed E-state index contributed by atoms with van der Waals surface area (Å²) in [7, 11) is 1.55. The minimum absolute atomic E-state index is 0.00236. The fourth-order valence-corrected chi connectivity index (χ4v) is 5.65. The third-order valence-electron chi connectivity index (χ3n) is 7.13. The molecule has 4 aromatic rings. The largest absolute Gasteiger partial charge is 0.468 e. The fourth-order valence-electron chi connectivity index (χ4n) is 5.48. The van der Waals surface area contributed by atoms with Crippen LogP contribution in [0, 0.1) is 5.82 Å². The Morgan fingerprint density at radius 2 is 1.97 bits per heavy atom. The van der Waals surface area contributed by atoms with Crippen molar-refractivity contribution in [2.45, 2.75) is 31.3 Å². The first kappa shape index (κ1) is 23.3. The van der Waals surface area contributed by atoms with Crippen LogP contribution in [-0.2, 0) is 9.47 Å². The summed E-state index contributed by atoms with van der Waals surface area (Å²) in [5.41, 5.74) is 0.757. The van der Waals surface area contributed by atoms with E-state index in [1.165, 1.54) is 0 Å². The molecule has 2 aromatic heterocycles. The maximum atomic E-state index is 16.2. The number of rotatable bonds is 5. The second-order valence-corrected chi connectivity index (χ2v) is 9.74. The fraction of sp³-hybridized carbons (Fsp3) is 0.370. The molecule has 2 fully saturated rings. The van der Waals surface area contributed by atoms with E-state index in [1.54, 1.807) is 19.4 Å². The lowest BCUT2D eigenvalue weighted by atomic mass is 9.99. The zero-order chi connectivity index (χ0) is 24.7. The van der Waals surface area contributed by atoms with Gasteiger partial charge < -0.3 is 19.1 Å². The third kappa shape index (κ3) is 4.13. The standard InChI is InChI=1S/C27H26ClFN4O3/c1-34-16-35-18-12-17-6-2-3-7-19(17)20(13-18)23-22(29)24-21(14-30-23)25(32-26(28)31-24)33-10-11-36-27(15-33)8-4-5-9-27/h2-3,6-7,12-14H,4-5,8-11,15-16H2,1H3. The Morgan fingerprint density at radius 1 is 1.14 bits per heavy atom. The van der Waals surface area contributed by atoms with Crippen molar-refractivity contribution < 1.29 is 18.6 Å². The van der Waals surface area contributed by atoms with Gasteiger partial charge in [0.2, 0.25) is 5.28 Å². The van der Waals surface area contributed by atoms with Crippen molar-refractivity contribution in [1.82, 2.24) is 15.0 Å². The van der Waals surface area contributed by atoms with Crippen molar-refractivity contribution in [2.24, 2.45) is 0 Å². The van der Waals surface area contributed by atoms with Crippen molar-refractivity contribution in [3.05, 3.63) is 53.7 Å². The summed E-state index contributed by atoms with van der Waals surface area (Å²) in [6, 6.07) is 11.4. The molecule has 1 spiro atoms. The highest BCUT2D eigenvalue weighted by molar-refractivity contribution is 6.28. The number of anilines is 1. The molecule has 0 radical (unpaired) electrons. The lowest BCUT2D eigenvalue weighted by molar-refractivity contribution is -0.0502. The molecule has 3 heterocycles. The van der Waals surface area contributed by atoms with E-state index < -0.39 is 5.82 Å². The van der Waals surface area contributed by atoms with E-state index in [-0.39, 0.29) is 28.9 Å². The molecule has 0 amide bonds. The molecule has 2 aromatic carbocycles. The Hall–Kier alpha value is -3.07. The number of hydrogen-bond acceptors (Lipinski definition) is 7. The number of morpholine rings is 1. The summed E-state index contributed by atoms with van der Waals surface area (Å²) in [6.07, 6.45) is 5.99. The number of benzene rings is 2. The zero-order valence-corrected chi connectivity index (χ0v) is 20.7. The summed E-state index contributed by atoms with van der Waals surface area (Å²) in [5, 5.41) is 2.29. The van der Waals surface area contributed by atoms with Crippen LogP contribution in [0.1, 0.15) is 25.7 Å². The first-order chi connectivity index (χ1) is 17.6. The monoisotopic (exact) mass is 508 g/mol. The number of fused-ring (bicyclic) bond motifs is 2. The molecule has 0 atom stereocenters. The van der Waals surface area contributed by atoms with Crippen LogP contribution in [0.3, 0.4) is 0 Å². The molecule has 0 N–H and O–H groups in total. The van der Waals surface area contributed by atoms with Crippen LogP contribution in [0.5, 0.6) is 5.75 Å². The molecule has 0 bridgehead atoms. The van der Waals surface area contributed by atoms with Gasteiger partial charge in [0.15, 0.2) is 12.6 Å². The highest BCUT2D eigenvalue weighted by Gasteiger charge is 2.40. The minimum atomic E-state index is -0.545. The van der Waals surface area contributed by atoms with Crippen LogP contribution in [-0.4, -0.2) is 54.2 Å². The zero-order valence-electron chi connectivity index (χ0n) is 20.0. The van der Waals surface area contributed by atoms with Crippen LogP contribution >= 0.6 is 11.6 Å². The molecule has 1 aliphatic heterocycles. The minimum Gasteiger partial charge on any atom is -0.468 e. The number of methoxy groups -OCH3 is 1. The van der Waals surface area contributed by atoms with Crippen molar-refractivity contribution in [1.29, 1.82) is 0 Å². The normalized spacial score (nSPS) is 17.4. The van der Waals surface area contributed by atoms with Gasteiger partial charge in [-0.25, -0.2) is 9.37 Å². The van der Waals surface area contributed by atoms with E-state index in [1.807, 2.05) is 30.3 Å². The highest BCUT2D eigenvalue weighted by atomic mass is 35.5. The lowest BCUT2D eigenvalue weighted by Gasteiger charge is -2.41. The average Bonchev–Trinajstić information content (AvgIpc) is 3.34. The Labute approximate surface area is 213 Å². The molecule has 7 nitrogen and oxygen atoms in total. The summed E-state index contributed by atoms with van der Waals surface area (Å²) in [6.45, 7) is 2.02. The van der Waals surface area contributed by atoms with E-state index in [0.717, 1.165) is 36.5 Å². The van der Waals surface area contributed by atoms with E-state index >= 15 is 4.39 Å². The number of pyridine rings is 1. The number of ether oxygens (including phenoxy) is 3. The summed E-state index contributed by atoms with van der Waals surface area (Å²) in [4.78, 5) is 15.5.